The lowest BCUT2D eigenvalue weighted by molar-refractivity contribution is -0.137. The summed E-state index contributed by atoms with van der Waals surface area (Å²) >= 11 is 1.19. The maximum Gasteiger partial charge on any atom is 0.306 e. The Hall–Kier alpha value is -11.4. The Morgan fingerprint density at radius 2 is 1.33 bits per heavy atom. The maximum atomic E-state index is 12.7. The van der Waals surface area contributed by atoms with Gasteiger partial charge in [-0.2, -0.15) is 0 Å². The molecule has 5 aromatic rings. The number of carbonyl (C=O) groups is 1. The summed E-state index contributed by atoms with van der Waals surface area (Å²) in [5.74, 6) is -17.7. The molecule has 614 valence electrons. The number of nitrogens with two attached hydrogens (primary N) is 1. The van der Waals surface area contributed by atoms with Gasteiger partial charge in [0.1, 0.15) is 67.0 Å². The van der Waals surface area contributed by atoms with Gasteiger partial charge in [-0.3, -0.25) is 21.0 Å². The van der Waals surface area contributed by atoms with Crippen LogP contribution in [0.2, 0.25) is 0 Å². The summed E-state index contributed by atoms with van der Waals surface area (Å²) in [4.78, 5) is 78.6. The van der Waals surface area contributed by atoms with Crippen molar-refractivity contribution in [2.24, 2.45) is 82.5 Å². The van der Waals surface area contributed by atoms with E-state index in [4.69, 9.17) is 22.0 Å². The fourth-order valence-electron chi connectivity index (χ4n) is 11.2. The summed E-state index contributed by atoms with van der Waals surface area (Å²) in [6.07, 6.45) is 0.0235. The van der Waals surface area contributed by atoms with Crippen LogP contribution in [0, 0.1) is 28.1 Å². The van der Waals surface area contributed by atoms with Crippen LogP contribution in [0.5, 0.6) is 0 Å². The molecule has 0 aliphatic carbocycles. The lowest BCUT2D eigenvalue weighted by Crippen LogP contribution is -2.38. The molecule has 2 aromatic carbocycles. The normalized spacial score (nSPS) is 24.0. The van der Waals surface area contributed by atoms with Crippen molar-refractivity contribution in [3.05, 3.63) is 89.5 Å². The highest BCUT2D eigenvalue weighted by Gasteiger charge is 2.40. The topological polar surface area (TPSA) is 676 Å². The first-order valence-electron chi connectivity index (χ1n) is 35.6. The van der Waals surface area contributed by atoms with Crippen molar-refractivity contribution < 1.29 is 91.6 Å². The molecule has 0 saturated carbocycles. The van der Waals surface area contributed by atoms with Gasteiger partial charge in [0.25, 0.3) is 0 Å². The van der Waals surface area contributed by atoms with E-state index in [1.54, 1.807) is 87.8 Å². The van der Waals surface area contributed by atoms with E-state index >= 15 is 0 Å². The number of fused-ring (bicyclic) bond motifs is 2. The number of aromatic amines is 2. The molecule has 3 aromatic heterocycles. The fraction of sp³-hybridized carbons (Fsp3) is 0.493. The van der Waals surface area contributed by atoms with Crippen LogP contribution in [-0.2, 0) is 23.2 Å². The molecule has 14 atom stereocenters. The molecule has 0 bridgehead atoms. The molecule has 0 amide bonds. The number of hydrogen-bond donors (Lipinski definition) is 24. The number of nitrogens with one attached hydrogen (secondary N) is 6. The Morgan fingerprint density at radius 1 is 0.708 bits per heavy atom. The van der Waals surface area contributed by atoms with Gasteiger partial charge in [0.2, 0.25) is 76.7 Å². The molecule has 0 spiro atoms. The van der Waals surface area contributed by atoms with Crippen LogP contribution >= 0.6 is 32.9 Å². The van der Waals surface area contributed by atoms with Crippen LogP contribution < -0.4 is 11.1 Å². The van der Waals surface area contributed by atoms with Crippen LogP contribution in [0.3, 0.4) is 0 Å². The number of thiophene rings is 1. The van der Waals surface area contributed by atoms with E-state index in [2.05, 4.69) is 85.2 Å². The number of aliphatic imine (C=N–C) groups is 13. The number of guanidine groups is 1. The molecule has 0 fully saturated rings. The molecule has 4 heterocycles. The molecular formula is C71H99N21O18S3. The van der Waals surface area contributed by atoms with Gasteiger partial charge in [-0.05, 0) is 80.3 Å². The Bertz CT molecular complexity index is 4510. The minimum absolute atomic E-state index is 0.00648. The standard InChI is InChI=1S/C71H99N21O18S3/c1-9-34(4)56(82-37(7)94)67(108)88-50-31-113-112-30-49(66(107)91-57(36(6)93)58(73)99)87-61(102)44(18-14-22-77-70(74)75)83-63(104)47(24-39-27-76-32-80-39)84-59(100)35(5)81-53(96)28-79-60(101)46(23-38-26-78-43-17-12-10-15-40(38)43)85-64(105)48(25-54(97)98)86-62(103)45(20-21-52(72)95)89-69(110)71(8,42-29-111-51-19-13-11-16-41(42)51)92-68(109)55(33(2)3)90-65(50)106/h10-13,15-17,19,26-27,29,32-36,44-50,55-57,78,93H,9,14,18,20-25,28,30-31H2,1-8H3,(H2,72,95)(H2,73,99)(H,76,80)(H,79,101)(H,81,96)(H,82,94)(H,83,104)(H,84,100)(H,85,105)(H,86,103)(H,87,102)(H,88,108)(H,89,110)(H,90,106)(H,91,107)(H,92,109)(H,97,98)(H4,74,75,77)/t34-,35-,36+,44-,45-,46-,47+,48+,49-,50-,55-,56-,57-,71-/m0/s1. The van der Waals surface area contributed by atoms with E-state index in [0.29, 0.717) is 38.7 Å². The smallest absolute Gasteiger partial charge is 0.306 e. The van der Waals surface area contributed by atoms with Crippen molar-refractivity contribution in [1.29, 1.82) is 16.2 Å². The van der Waals surface area contributed by atoms with Gasteiger partial charge >= 0.3 is 5.97 Å². The number of imidazole rings is 1. The molecule has 0 radical (unpaired) electrons. The van der Waals surface area contributed by atoms with Crippen LogP contribution in [0.4, 0.5) is 0 Å². The number of benzene rings is 2. The number of nitrogens with zero attached hydrogens (tertiary/aromatic N) is 14. The predicted molar refractivity (Wildman–Crippen MR) is 444 cm³/mol. The Balaban J connectivity index is 1.67. The van der Waals surface area contributed by atoms with Crippen LogP contribution in [0.15, 0.2) is 138 Å². The van der Waals surface area contributed by atoms with Gasteiger partial charge in [0.05, 0.1) is 18.9 Å². The molecule has 42 heteroatoms. The van der Waals surface area contributed by atoms with Crippen molar-refractivity contribution in [2.75, 3.05) is 24.6 Å². The fourth-order valence-corrected chi connectivity index (χ4v) is 14.5. The van der Waals surface area contributed by atoms with E-state index in [1.807, 2.05) is 0 Å². The van der Waals surface area contributed by atoms with E-state index in [9.17, 15) is 91.6 Å². The minimum Gasteiger partial charge on any atom is -0.497 e. The van der Waals surface area contributed by atoms with Gasteiger partial charge < -0.3 is 108 Å². The third-order valence-electron chi connectivity index (χ3n) is 17.5. The van der Waals surface area contributed by atoms with Crippen molar-refractivity contribution in [3.8, 4) is 0 Å². The second-order valence-corrected chi connectivity index (χ2v) is 30.3. The third kappa shape index (κ3) is 26.9. The number of aromatic nitrogens is 3. The number of carboxylic acid groups (broad SMARTS) is 1. The molecule has 1 aliphatic heterocycles. The SMILES string of the molecule is CC[C@H](C)[C@H](N=C(C)O)C(O)=N[C@H]1CSSC[C@@H](C(O)=N[C@H](C(=N)O)[C@@H](C)O)N=C(O)[C@H](CCCNC(=N)N)N=C(O)[C@@H](Cc2cnc[nH]2)N=C(O)[C@H](C)N=C(O)CN=C(O)[C@H](Cc2c[nH]c3ccccc23)N=C(O)[C@@H](CC(=O)O)N=C(O)[C@H](CCC(=N)O)N=C(O)[C@](C)(c2csc3ccccc23)N=C(O)[C@H](C(C)C)N=C1O. The van der Waals surface area contributed by atoms with Crippen LogP contribution in [0.1, 0.15) is 111 Å². The maximum absolute atomic E-state index is 12.7. The average Bonchev–Trinajstić information content (AvgIpc) is 1.66. The number of rotatable bonds is 24. The summed E-state index contributed by atoms with van der Waals surface area (Å²) in [7, 11) is 1.75. The second kappa shape index (κ2) is 42.9. The Kier molecular flexibility index (Phi) is 34.3. The van der Waals surface area contributed by atoms with Crippen molar-refractivity contribution in [3.63, 3.8) is 0 Å². The zero-order valence-electron chi connectivity index (χ0n) is 63.1. The van der Waals surface area contributed by atoms with Crippen LogP contribution in [0.25, 0.3) is 21.0 Å². The summed E-state index contributed by atoms with van der Waals surface area (Å²) < 4.78 is 0.640. The molecule has 39 nitrogen and oxygen atoms in total. The van der Waals surface area contributed by atoms with Gasteiger partial charge in [-0.25, -0.2) is 69.9 Å². The number of H-pyrrole nitrogens is 2. The molecule has 25 N–H and O–H groups in total. The van der Waals surface area contributed by atoms with Crippen molar-refractivity contribution in [2.45, 2.75) is 185 Å². The van der Waals surface area contributed by atoms with E-state index < -0.39 is 222 Å². The highest BCUT2D eigenvalue weighted by molar-refractivity contribution is 8.76. The third-order valence-corrected chi connectivity index (χ3v) is 20.9. The molecule has 113 heavy (non-hydrogen) atoms. The van der Waals surface area contributed by atoms with E-state index in [0.717, 1.165) is 21.6 Å². The van der Waals surface area contributed by atoms with Crippen LogP contribution in [-0.4, -0.2) is 299 Å². The van der Waals surface area contributed by atoms with Gasteiger partial charge in [-0.15, -0.1) is 11.3 Å². The highest BCUT2D eigenvalue weighted by atomic mass is 33.1. The molecule has 1 aliphatic rings. The Labute approximate surface area is 660 Å². The predicted octanol–water partition coefficient (Wildman–Crippen LogP) is 9.40. The van der Waals surface area contributed by atoms with Gasteiger partial charge in [0.15, 0.2) is 29.3 Å². The molecular weight excluding hydrogens is 1530 g/mol. The lowest BCUT2D eigenvalue weighted by Gasteiger charge is -2.27. The zero-order chi connectivity index (χ0) is 83.6. The summed E-state index contributed by atoms with van der Waals surface area (Å²) in [6.45, 7) is 10.8. The molecule has 6 rings (SSSR count). The first-order chi connectivity index (χ1) is 53.4. The van der Waals surface area contributed by atoms with Gasteiger partial charge in [-0.1, -0.05) is 92.1 Å². The lowest BCUT2D eigenvalue weighted by atomic mass is 9.91. The summed E-state index contributed by atoms with van der Waals surface area (Å²) in [5.41, 5.74) is 4.93. The summed E-state index contributed by atoms with van der Waals surface area (Å²) in [5, 5.41) is 225. The monoisotopic (exact) mass is 1630 g/mol. The van der Waals surface area contributed by atoms with E-state index in [-0.39, 0.29) is 43.5 Å². The largest absolute Gasteiger partial charge is 0.497 e. The quantitative estimate of drug-likeness (QED) is 0.0118. The number of aliphatic hydroxyl groups excluding tert-OH is 16. The zero-order valence-corrected chi connectivity index (χ0v) is 65.5. The number of hydrogen-bond acceptors (Lipinski definition) is 22. The number of aliphatic carboxylic acids is 1. The Morgan fingerprint density at radius 3 is 1.96 bits per heavy atom. The first-order valence-corrected chi connectivity index (χ1v) is 38.9. The second-order valence-electron chi connectivity index (χ2n) is 26.8. The van der Waals surface area contributed by atoms with Crippen molar-refractivity contribution >= 4 is 154 Å². The van der Waals surface area contributed by atoms with E-state index in [1.165, 1.54) is 51.6 Å². The van der Waals surface area contributed by atoms with Crippen molar-refractivity contribution in [1.82, 2.24) is 20.3 Å². The number of para-hydroxylation sites is 1. The highest BCUT2D eigenvalue weighted by Crippen LogP contribution is 2.38. The summed E-state index contributed by atoms with van der Waals surface area (Å²) in [6, 6.07) is -4.31. The molecule has 0 saturated heterocycles. The molecule has 0 unspecified atom stereocenters. The minimum atomic E-state index is -2.24. The number of carboxylic acids is 1. The number of aliphatic hydroxyl groups is 16. The van der Waals surface area contributed by atoms with Gasteiger partial charge in [0, 0.05) is 83.5 Å². The first kappa shape index (κ1) is 90.5. The average molecular weight is 1630 g/mol.